The molecular weight excluding hydrogens is 422 g/mol. The highest BCUT2D eigenvalue weighted by molar-refractivity contribution is 7.99. The van der Waals surface area contributed by atoms with Gasteiger partial charge in [-0.1, -0.05) is 54.2 Å². The number of nitrogens with zero attached hydrogens (tertiary/aromatic N) is 1. The van der Waals surface area contributed by atoms with Crippen molar-refractivity contribution in [1.29, 1.82) is 0 Å². The zero-order valence-corrected chi connectivity index (χ0v) is 18.3. The van der Waals surface area contributed by atoms with Crippen LogP contribution in [-0.4, -0.2) is 31.2 Å². The second-order valence-electron chi connectivity index (χ2n) is 7.89. The summed E-state index contributed by atoms with van der Waals surface area (Å²) in [6.07, 6.45) is 1.88. The number of ether oxygens (including phenoxy) is 2. The maximum Gasteiger partial charge on any atom is 0.338 e. The molecule has 5 rings (SSSR count). The summed E-state index contributed by atoms with van der Waals surface area (Å²) in [5.41, 5.74) is 2.82. The fourth-order valence-corrected chi connectivity index (χ4v) is 5.06. The van der Waals surface area contributed by atoms with Crippen molar-refractivity contribution in [3.8, 4) is 0 Å². The van der Waals surface area contributed by atoms with Gasteiger partial charge in [0.1, 0.15) is 6.61 Å². The van der Waals surface area contributed by atoms with Crippen LogP contribution < -0.4 is 4.90 Å². The zero-order valence-electron chi connectivity index (χ0n) is 17.5. The van der Waals surface area contributed by atoms with E-state index in [1.165, 1.54) is 0 Å². The van der Waals surface area contributed by atoms with Crippen molar-refractivity contribution >= 4 is 29.3 Å². The van der Waals surface area contributed by atoms with Gasteiger partial charge in [0.15, 0.2) is 0 Å². The lowest BCUT2D eigenvalue weighted by Gasteiger charge is -2.23. The number of hydrogen-bond donors (Lipinski definition) is 0. The Balaban J connectivity index is 1.49. The third kappa shape index (κ3) is 4.29. The number of rotatable bonds is 5. The first-order valence-electron chi connectivity index (χ1n) is 10.7. The van der Waals surface area contributed by atoms with E-state index in [4.69, 9.17) is 9.47 Å². The monoisotopic (exact) mass is 445 g/mol. The molecule has 32 heavy (non-hydrogen) atoms. The SMILES string of the molecule is O=C(OC[C@H]1CCCO1)c1ccc2c(c1)N(Cc1ccccc1)C(=O)c1ccccc1S2. The van der Waals surface area contributed by atoms with Gasteiger partial charge in [0.05, 0.1) is 29.5 Å². The molecular formula is C26H23NO4S. The lowest BCUT2D eigenvalue weighted by molar-refractivity contribution is 0.0161. The minimum Gasteiger partial charge on any atom is -0.459 e. The van der Waals surface area contributed by atoms with Crippen molar-refractivity contribution in [2.24, 2.45) is 0 Å². The molecule has 0 N–H and O–H groups in total. The summed E-state index contributed by atoms with van der Waals surface area (Å²) in [7, 11) is 0. The Hall–Kier alpha value is -3.09. The van der Waals surface area contributed by atoms with Gasteiger partial charge in [-0.3, -0.25) is 4.79 Å². The van der Waals surface area contributed by atoms with Crippen LogP contribution in [0.5, 0.6) is 0 Å². The lowest BCUT2D eigenvalue weighted by Crippen LogP contribution is -2.30. The number of carbonyl (C=O) groups is 2. The van der Waals surface area contributed by atoms with Crippen molar-refractivity contribution < 1.29 is 19.1 Å². The summed E-state index contributed by atoms with van der Waals surface area (Å²) >= 11 is 1.54. The topological polar surface area (TPSA) is 55.8 Å². The molecule has 0 unspecified atom stereocenters. The number of anilines is 1. The van der Waals surface area contributed by atoms with Crippen molar-refractivity contribution in [1.82, 2.24) is 0 Å². The number of esters is 1. The Morgan fingerprint density at radius 2 is 1.84 bits per heavy atom. The molecule has 0 aromatic heterocycles. The molecule has 6 heteroatoms. The molecule has 1 atom stereocenters. The predicted molar refractivity (Wildman–Crippen MR) is 123 cm³/mol. The van der Waals surface area contributed by atoms with Crippen LogP contribution in [0.25, 0.3) is 0 Å². The molecule has 0 spiro atoms. The maximum absolute atomic E-state index is 13.6. The van der Waals surface area contributed by atoms with Crippen LogP contribution in [0.1, 0.15) is 39.1 Å². The van der Waals surface area contributed by atoms with Gasteiger partial charge in [-0.15, -0.1) is 0 Å². The molecule has 3 aromatic carbocycles. The van der Waals surface area contributed by atoms with Gasteiger partial charge in [0, 0.05) is 16.4 Å². The summed E-state index contributed by atoms with van der Waals surface area (Å²) in [6, 6.07) is 22.9. The maximum atomic E-state index is 13.6. The first-order valence-corrected chi connectivity index (χ1v) is 11.6. The van der Waals surface area contributed by atoms with Crippen LogP contribution >= 0.6 is 11.8 Å². The Kier molecular flexibility index (Phi) is 5.97. The standard InChI is InChI=1S/C26H23NO4S/c28-25-21-10-4-5-11-23(21)32-24-13-12-19(26(29)31-17-20-9-6-14-30-20)15-22(24)27(25)16-18-7-2-1-3-8-18/h1-5,7-8,10-13,15,20H,6,9,14,16-17H2/t20-/m1/s1. The number of amides is 1. The highest BCUT2D eigenvalue weighted by Gasteiger charge is 2.28. The molecule has 1 fully saturated rings. The average molecular weight is 446 g/mol. The highest BCUT2D eigenvalue weighted by Crippen LogP contribution is 2.42. The smallest absolute Gasteiger partial charge is 0.338 e. The molecule has 5 nitrogen and oxygen atoms in total. The van der Waals surface area contributed by atoms with E-state index in [0.717, 1.165) is 34.8 Å². The highest BCUT2D eigenvalue weighted by atomic mass is 32.2. The van der Waals surface area contributed by atoms with E-state index in [9.17, 15) is 9.59 Å². The Morgan fingerprint density at radius 1 is 1.03 bits per heavy atom. The molecule has 1 saturated heterocycles. The van der Waals surface area contributed by atoms with Crippen LogP contribution in [0.2, 0.25) is 0 Å². The molecule has 0 radical (unpaired) electrons. The van der Waals surface area contributed by atoms with Crippen LogP contribution in [0, 0.1) is 0 Å². The Morgan fingerprint density at radius 3 is 2.66 bits per heavy atom. The van der Waals surface area contributed by atoms with Crippen molar-refractivity contribution in [2.45, 2.75) is 35.3 Å². The van der Waals surface area contributed by atoms with Crippen LogP contribution in [0.15, 0.2) is 82.6 Å². The quantitative estimate of drug-likeness (QED) is 0.497. The van der Waals surface area contributed by atoms with E-state index in [-0.39, 0.29) is 18.6 Å². The van der Waals surface area contributed by atoms with E-state index in [1.54, 1.807) is 28.8 Å². The van der Waals surface area contributed by atoms with Gasteiger partial charge in [-0.2, -0.15) is 0 Å². The van der Waals surface area contributed by atoms with Crippen LogP contribution in [0.3, 0.4) is 0 Å². The van der Waals surface area contributed by atoms with E-state index in [0.29, 0.717) is 23.4 Å². The van der Waals surface area contributed by atoms with E-state index >= 15 is 0 Å². The van der Waals surface area contributed by atoms with Gasteiger partial charge in [-0.25, -0.2) is 4.79 Å². The van der Waals surface area contributed by atoms with E-state index in [2.05, 4.69) is 0 Å². The normalized spacial score (nSPS) is 17.4. The summed E-state index contributed by atoms with van der Waals surface area (Å²) in [6.45, 7) is 1.38. The first kappa shape index (κ1) is 20.8. The summed E-state index contributed by atoms with van der Waals surface area (Å²) in [5.74, 6) is -0.484. The second-order valence-corrected chi connectivity index (χ2v) is 8.97. The van der Waals surface area contributed by atoms with Gasteiger partial charge in [0.2, 0.25) is 0 Å². The summed E-state index contributed by atoms with van der Waals surface area (Å²) < 4.78 is 11.0. The van der Waals surface area contributed by atoms with Gasteiger partial charge in [0.25, 0.3) is 5.91 Å². The lowest BCUT2D eigenvalue weighted by atomic mass is 10.1. The molecule has 0 bridgehead atoms. The molecule has 3 aromatic rings. The largest absolute Gasteiger partial charge is 0.459 e. The van der Waals surface area contributed by atoms with Crippen LogP contribution in [-0.2, 0) is 16.0 Å². The minimum atomic E-state index is -0.401. The van der Waals surface area contributed by atoms with Crippen molar-refractivity contribution in [2.75, 3.05) is 18.1 Å². The van der Waals surface area contributed by atoms with E-state index < -0.39 is 5.97 Å². The summed E-state index contributed by atoms with van der Waals surface area (Å²) in [5, 5.41) is 0. The second kappa shape index (κ2) is 9.18. The molecule has 0 saturated carbocycles. The molecule has 2 aliphatic rings. The number of fused-ring (bicyclic) bond motifs is 2. The number of benzene rings is 3. The van der Waals surface area contributed by atoms with Crippen molar-refractivity contribution in [3.63, 3.8) is 0 Å². The van der Waals surface area contributed by atoms with Gasteiger partial charge < -0.3 is 14.4 Å². The number of carbonyl (C=O) groups excluding carboxylic acids is 2. The minimum absolute atomic E-state index is 0.0269. The zero-order chi connectivity index (χ0) is 21.9. The predicted octanol–water partition coefficient (Wildman–Crippen LogP) is 5.33. The number of hydrogen-bond acceptors (Lipinski definition) is 5. The molecule has 162 valence electrons. The van der Waals surface area contributed by atoms with Crippen LogP contribution in [0.4, 0.5) is 5.69 Å². The first-order chi connectivity index (χ1) is 15.7. The third-order valence-electron chi connectivity index (χ3n) is 5.68. The van der Waals surface area contributed by atoms with E-state index in [1.807, 2.05) is 60.7 Å². The Labute approximate surface area is 191 Å². The summed E-state index contributed by atoms with van der Waals surface area (Å²) in [4.78, 5) is 29.9. The fraction of sp³-hybridized carbons (Fsp3) is 0.231. The fourth-order valence-electron chi connectivity index (χ4n) is 4.00. The molecule has 2 heterocycles. The van der Waals surface area contributed by atoms with Gasteiger partial charge in [-0.05, 0) is 48.7 Å². The third-order valence-corrected chi connectivity index (χ3v) is 6.82. The van der Waals surface area contributed by atoms with Crippen molar-refractivity contribution in [3.05, 3.63) is 89.5 Å². The van der Waals surface area contributed by atoms with Gasteiger partial charge >= 0.3 is 5.97 Å². The molecule has 2 aliphatic heterocycles. The average Bonchev–Trinajstić information content (AvgIpc) is 3.32. The molecule has 1 amide bonds. The molecule has 0 aliphatic carbocycles. The Bertz CT molecular complexity index is 1140.